The number of hydrogen-bond acceptors (Lipinski definition) is 4. The smallest absolute Gasteiger partial charge is 0.489 e. The third-order valence-electron chi connectivity index (χ3n) is 6.00. The number of hydrogen-bond donors (Lipinski definition) is 0. The number of carbonyl (C=O) groups is 1. The van der Waals surface area contributed by atoms with Crippen LogP contribution in [-0.4, -0.2) is 54.3 Å². The minimum atomic E-state index is -4.76. The molecule has 0 spiro atoms. The lowest BCUT2D eigenvalue weighted by Crippen LogP contribution is -2.42. The maximum Gasteiger partial charge on any atom is 0.573 e. The van der Waals surface area contributed by atoms with Crippen LogP contribution in [0.15, 0.2) is 48.5 Å². The van der Waals surface area contributed by atoms with Crippen molar-refractivity contribution < 1.29 is 27.4 Å². The highest BCUT2D eigenvalue weighted by molar-refractivity contribution is 5.94. The van der Waals surface area contributed by atoms with E-state index in [1.54, 1.807) is 30.3 Å². The van der Waals surface area contributed by atoms with E-state index in [-0.39, 0.29) is 29.9 Å². The van der Waals surface area contributed by atoms with E-state index in [0.717, 1.165) is 39.0 Å². The minimum absolute atomic E-state index is 0.0159. The summed E-state index contributed by atoms with van der Waals surface area (Å²) < 4.78 is 47.4. The van der Waals surface area contributed by atoms with Gasteiger partial charge in [0.25, 0.3) is 5.91 Å². The first-order chi connectivity index (χ1) is 15.4. The molecule has 5 nitrogen and oxygen atoms in total. The van der Waals surface area contributed by atoms with Crippen LogP contribution in [0, 0.1) is 0 Å². The van der Waals surface area contributed by atoms with Crippen LogP contribution in [0.2, 0.25) is 0 Å². The zero-order chi connectivity index (χ0) is 22.6. The lowest BCUT2D eigenvalue weighted by atomic mass is 10.1. The van der Waals surface area contributed by atoms with E-state index in [1.165, 1.54) is 31.0 Å². The molecule has 0 aliphatic carbocycles. The van der Waals surface area contributed by atoms with Gasteiger partial charge in [-0.1, -0.05) is 18.2 Å². The largest absolute Gasteiger partial charge is 0.573 e. The van der Waals surface area contributed by atoms with Gasteiger partial charge in [0, 0.05) is 30.3 Å². The Morgan fingerprint density at radius 1 is 0.969 bits per heavy atom. The van der Waals surface area contributed by atoms with Crippen molar-refractivity contribution in [3.63, 3.8) is 0 Å². The van der Waals surface area contributed by atoms with Crippen molar-refractivity contribution in [3.8, 4) is 11.5 Å². The fraction of sp³-hybridized carbons (Fsp3) is 0.458. The van der Waals surface area contributed by atoms with E-state index in [4.69, 9.17) is 4.74 Å². The summed E-state index contributed by atoms with van der Waals surface area (Å²) >= 11 is 0. The molecule has 1 atom stereocenters. The average molecular weight is 448 g/mol. The summed E-state index contributed by atoms with van der Waals surface area (Å²) in [6, 6.07) is 12.9. The van der Waals surface area contributed by atoms with Gasteiger partial charge in [-0.05, 0) is 69.1 Å². The van der Waals surface area contributed by atoms with Gasteiger partial charge in [-0.3, -0.25) is 4.79 Å². The Morgan fingerprint density at radius 2 is 1.69 bits per heavy atom. The molecule has 0 saturated carbocycles. The second-order valence-corrected chi connectivity index (χ2v) is 8.27. The lowest BCUT2D eigenvalue weighted by Gasteiger charge is -2.28. The molecule has 8 heteroatoms. The molecule has 172 valence electrons. The number of carbonyl (C=O) groups excluding carboxylic acids is 1. The molecule has 4 rings (SSSR count). The van der Waals surface area contributed by atoms with Crippen molar-refractivity contribution in [2.45, 2.75) is 44.7 Å². The molecule has 1 unspecified atom stereocenters. The zero-order valence-corrected chi connectivity index (χ0v) is 17.8. The monoisotopic (exact) mass is 448 g/mol. The third-order valence-corrected chi connectivity index (χ3v) is 6.00. The topological polar surface area (TPSA) is 42.0 Å². The molecule has 0 aromatic heterocycles. The van der Waals surface area contributed by atoms with Crippen molar-refractivity contribution in [2.24, 2.45) is 0 Å². The normalized spacial score (nSPS) is 19.3. The van der Waals surface area contributed by atoms with Crippen LogP contribution in [0.1, 0.15) is 41.6 Å². The molecule has 0 N–H and O–H groups in total. The maximum atomic E-state index is 13.0. The van der Waals surface area contributed by atoms with Gasteiger partial charge in [0.1, 0.15) is 18.1 Å². The van der Waals surface area contributed by atoms with Gasteiger partial charge in [-0.25, -0.2) is 0 Å². The second-order valence-electron chi connectivity index (χ2n) is 8.27. The second kappa shape index (κ2) is 9.81. The molecule has 2 aromatic carbocycles. The van der Waals surface area contributed by atoms with E-state index >= 15 is 0 Å². The van der Waals surface area contributed by atoms with Crippen LogP contribution in [-0.2, 0) is 6.61 Å². The quantitative estimate of drug-likeness (QED) is 0.607. The average Bonchev–Trinajstić information content (AvgIpc) is 3.44. The summed E-state index contributed by atoms with van der Waals surface area (Å²) in [6.07, 6.45) is -0.252. The Hall–Kier alpha value is -2.74. The summed E-state index contributed by atoms with van der Waals surface area (Å²) in [5.74, 6) is 0.199. The summed E-state index contributed by atoms with van der Waals surface area (Å²) in [7, 11) is 0. The standard InChI is InChI=1S/C24H27F3N2O3/c25-24(26,27)32-22-8-2-1-6-19(22)17-31-21-11-9-18(10-12-21)23(30)29-15-5-7-20(29)16-28-13-3-4-14-28/h1-2,6,8-12,20H,3-5,7,13-17H2. The van der Waals surface area contributed by atoms with Gasteiger partial charge in [0.15, 0.2) is 0 Å². The van der Waals surface area contributed by atoms with Gasteiger partial charge < -0.3 is 19.3 Å². The maximum absolute atomic E-state index is 13.0. The van der Waals surface area contributed by atoms with Gasteiger partial charge in [-0.2, -0.15) is 0 Å². The van der Waals surface area contributed by atoms with Crippen LogP contribution in [0.25, 0.3) is 0 Å². The first-order valence-corrected chi connectivity index (χ1v) is 11.0. The molecule has 0 bridgehead atoms. The fourth-order valence-electron chi connectivity index (χ4n) is 4.42. The number of alkyl halides is 3. The fourth-order valence-corrected chi connectivity index (χ4v) is 4.42. The third kappa shape index (κ3) is 5.73. The van der Waals surface area contributed by atoms with Gasteiger partial charge in [-0.15, -0.1) is 13.2 Å². The van der Waals surface area contributed by atoms with E-state index in [9.17, 15) is 18.0 Å². The number of halogens is 3. The Kier molecular flexibility index (Phi) is 6.89. The highest BCUT2D eigenvalue weighted by atomic mass is 19.4. The summed E-state index contributed by atoms with van der Waals surface area (Å²) in [4.78, 5) is 17.5. The molecule has 2 aliphatic heterocycles. The summed E-state index contributed by atoms with van der Waals surface area (Å²) in [6.45, 7) is 3.85. The van der Waals surface area contributed by atoms with Gasteiger partial charge in [0.2, 0.25) is 0 Å². The first kappa shape index (κ1) is 22.5. The van der Waals surface area contributed by atoms with E-state index in [2.05, 4.69) is 9.64 Å². The number of benzene rings is 2. The van der Waals surface area contributed by atoms with Crippen LogP contribution >= 0.6 is 0 Å². The van der Waals surface area contributed by atoms with Crippen molar-refractivity contribution in [1.29, 1.82) is 0 Å². The molecule has 1 amide bonds. The molecule has 2 aromatic rings. The first-order valence-electron chi connectivity index (χ1n) is 11.0. The minimum Gasteiger partial charge on any atom is -0.489 e. The number of likely N-dealkylation sites (tertiary alicyclic amines) is 2. The van der Waals surface area contributed by atoms with Crippen LogP contribution in [0.3, 0.4) is 0 Å². The van der Waals surface area contributed by atoms with Gasteiger partial charge >= 0.3 is 6.36 Å². The van der Waals surface area contributed by atoms with Crippen molar-refractivity contribution in [2.75, 3.05) is 26.2 Å². The van der Waals surface area contributed by atoms with Crippen molar-refractivity contribution in [3.05, 3.63) is 59.7 Å². The lowest BCUT2D eigenvalue weighted by molar-refractivity contribution is -0.275. The molecule has 2 saturated heterocycles. The molecular formula is C24H27F3N2O3. The molecular weight excluding hydrogens is 421 g/mol. The highest BCUT2D eigenvalue weighted by Gasteiger charge is 2.32. The Morgan fingerprint density at radius 3 is 2.41 bits per heavy atom. The SMILES string of the molecule is O=C(c1ccc(OCc2ccccc2OC(F)(F)F)cc1)N1CCCC1CN1CCCC1. The Balaban J connectivity index is 1.36. The van der Waals surface area contributed by atoms with E-state index in [1.807, 2.05) is 4.90 Å². The predicted octanol–water partition coefficient (Wildman–Crippen LogP) is 4.86. The van der Waals surface area contributed by atoms with Crippen molar-refractivity contribution >= 4 is 5.91 Å². The number of para-hydroxylation sites is 1. The molecule has 32 heavy (non-hydrogen) atoms. The highest BCUT2D eigenvalue weighted by Crippen LogP contribution is 2.28. The molecule has 2 aliphatic rings. The Bertz CT molecular complexity index is 911. The summed E-state index contributed by atoms with van der Waals surface area (Å²) in [5.41, 5.74) is 0.873. The molecule has 2 fully saturated rings. The Labute approximate surface area is 185 Å². The number of nitrogens with zero attached hydrogens (tertiary/aromatic N) is 2. The van der Waals surface area contributed by atoms with Gasteiger partial charge in [0.05, 0.1) is 0 Å². The molecule has 2 heterocycles. The zero-order valence-electron chi connectivity index (χ0n) is 17.8. The van der Waals surface area contributed by atoms with Crippen molar-refractivity contribution in [1.82, 2.24) is 9.80 Å². The van der Waals surface area contributed by atoms with E-state index < -0.39 is 6.36 Å². The number of ether oxygens (including phenoxy) is 2. The number of amides is 1. The van der Waals surface area contributed by atoms with E-state index in [0.29, 0.717) is 11.3 Å². The van der Waals surface area contributed by atoms with Crippen LogP contribution < -0.4 is 9.47 Å². The summed E-state index contributed by atoms with van der Waals surface area (Å²) in [5, 5.41) is 0. The molecule has 0 radical (unpaired) electrons. The number of rotatable bonds is 7. The predicted molar refractivity (Wildman–Crippen MR) is 114 cm³/mol. The van der Waals surface area contributed by atoms with Crippen LogP contribution in [0.5, 0.6) is 11.5 Å². The van der Waals surface area contributed by atoms with Crippen LogP contribution in [0.4, 0.5) is 13.2 Å².